The lowest BCUT2D eigenvalue weighted by atomic mass is 10.1. The molecule has 1 aromatic carbocycles. The number of pyridine rings is 1. The average Bonchev–Trinajstić information content (AvgIpc) is 2.29. The number of halogens is 2. The van der Waals surface area contributed by atoms with Gasteiger partial charge >= 0.3 is 0 Å². The minimum atomic E-state index is -0.194. The van der Waals surface area contributed by atoms with Crippen LogP contribution in [0.2, 0.25) is 0 Å². The van der Waals surface area contributed by atoms with Gasteiger partial charge in [0.1, 0.15) is 12.9 Å². The maximum atomic E-state index is 13.8. The van der Waals surface area contributed by atoms with Crippen molar-refractivity contribution in [1.82, 2.24) is 0 Å². The number of nitrogens with zero attached hydrogens (tertiary/aromatic N) is 2. The highest BCUT2D eigenvalue weighted by atomic mass is 127. The maximum Gasteiger partial charge on any atom is 0.169 e. The number of aromatic nitrogens is 1. The van der Waals surface area contributed by atoms with Crippen molar-refractivity contribution in [3.63, 3.8) is 0 Å². The minimum absolute atomic E-state index is 0. The second-order valence-corrected chi connectivity index (χ2v) is 4.31. The summed E-state index contributed by atoms with van der Waals surface area (Å²) < 4.78 is 15.8. The number of hydrogen-bond donors (Lipinski definition) is 0. The Kier molecular flexibility index (Phi) is 5.07. The summed E-state index contributed by atoms with van der Waals surface area (Å²) >= 11 is 0. The first-order valence-corrected chi connectivity index (χ1v) is 5.50. The highest BCUT2D eigenvalue weighted by Gasteiger charge is 2.07. The molecule has 0 radical (unpaired) electrons. The van der Waals surface area contributed by atoms with Crippen LogP contribution in [0, 0.1) is 5.82 Å². The first-order valence-electron chi connectivity index (χ1n) is 5.50. The Hall–Kier alpha value is -1.17. The summed E-state index contributed by atoms with van der Waals surface area (Å²) in [6.07, 6.45) is 3.90. The summed E-state index contributed by atoms with van der Waals surface area (Å²) in [5.41, 5.74) is 2.52. The van der Waals surface area contributed by atoms with Gasteiger partial charge in [0.15, 0.2) is 12.4 Å². The van der Waals surface area contributed by atoms with Crippen LogP contribution in [0.3, 0.4) is 0 Å². The molecular weight excluding hydrogens is 342 g/mol. The maximum absolute atomic E-state index is 13.8. The molecule has 1 aromatic heterocycles. The summed E-state index contributed by atoms with van der Waals surface area (Å²) in [6.45, 7) is 0. The Morgan fingerprint density at radius 1 is 1.00 bits per heavy atom. The molecule has 0 unspecified atom stereocenters. The van der Waals surface area contributed by atoms with E-state index in [0.29, 0.717) is 5.69 Å². The third kappa shape index (κ3) is 3.19. The van der Waals surface area contributed by atoms with Crippen molar-refractivity contribution in [3.8, 4) is 11.1 Å². The van der Waals surface area contributed by atoms with E-state index in [1.807, 2.05) is 56.3 Å². The number of rotatable bonds is 2. The molecule has 18 heavy (non-hydrogen) atoms. The van der Waals surface area contributed by atoms with Gasteiger partial charge in [-0.3, -0.25) is 0 Å². The van der Waals surface area contributed by atoms with Gasteiger partial charge in [0.2, 0.25) is 0 Å². The molecule has 4 heteroatoms. The molecule has 0 saturated heterocycles. The van der Waals surface area contributed by atoms with Gasteiger partial charge in [0, 0.05) is 26.2 Å². The van der Waals surface area contributed by atoms with Crippen LogP contribution in [0.4, 0.5) is 10.1 Å². The monoisotopic (exact) mass is 358 g/mol. The molecule has 0 saturated carbocycles. The first kappa shape index (κ1) is 14.9. The van der Waals surface area contributed by atoms with Crippen LogP contribution in [0.15, 0.2) is 42.7 Å². The molecule has 96 valence electrons. The Bertz CT molecular complexity index is 524. The van der Waals surface area contributed by atoms with Crippen LogP contribution < -0.4 is 33.4 Å². The van der Waals surface area contributed by atoms with Gasteiger partial charge in [0.05, 0.1) is 5.69 Å². The van der Waals surface area contributed by atoms with Gasteiger partial charge in [0.25, 0.3) is 0 Å². The van der Waals surface area contributed by atoms with Crippen molar-refractivity contribution in [2.75, 3.05) is 19.0 Å². The van der Waals surface area contributed by atoms with Gasteiger partial charge in [-0.25, -0.2) is 8.96 Å². The molecule has 2 nitrogen and oxygen atoms in total. The van der Waals surface area contributed by atoms with Crippen molar-refractivity contribution in [2.45, 2.75) is 0 Å². The fourth-order valence-electron chi connectivity index (χ4n) is 1.74. The molecule has 0 fully saturated rings. The van der Waals surface area contributed by atoms with E-state index >= 15 is 0 Å². The predicted octanol–water partition coefficient (Wildman–Crippen LogP) is -0.613. The van der Waals surface area contributed by atoms with Crippen LogP contribution in [-0.2, 0) is 7.05 Å². The summed E-state index contributed by atoms with van der Waals surface area (Å²) in [5, 5.41) is 0. The molecule has 1 heterocycles. The van der Waals surface area contributed by atoms with Gasteiger partial charge in [-0.15, -0.1) is 0 Å². The molecule has 0 N–H and O–H groups in total. The molecule has 0 aliphatic heterocycles. The third-order valence-electron chi connectivity index (χ3n) is 2.74. The largest absolute Gasteiger partial charge is 1.00 e. The summed E-state index contributed by atoms with van der Waals surface area (Å²) in [5.74, 6) is -0.194. The topological polar surface area (TPSA) is 7.12 Å². The minimum Gasteiger partial charge on any atom is -1.00 e. The van der Waals surface area contributed by atoms with Crippen LogP contribution in [-0.4, -0.2) is 14.1 Å². The fraction of sp³-hybridized carbons (Fsp3) is 0.214. The molecule has 2 rings (SSSR count). The Labute approximate surface area is 124 Å². The molecule has 0 aliphatic rings. The van der Waals surface area contributed by atoms with Crippen molar-refractivity contribution in [1.29, 1.82) is 0 Å². The highest BCUT2D eigenvalue weighted by molar-refractivity contribution is 5.65. The van der Waals surface area contributed by atoms with Gasteiger partial charge in [-0.2, -0.15) is 0 Å². The van der Waals surface area contributed by atoms with E-state index in [9.17, 15) is 4.39 Å². The van der Waals surface area contributed by atoms with Crippen LogP contribution in [0.5, 0.6) is 0 Å². The normalized spacial score (nSPS) is 9.78. The number of benzene rings is 1. The first-order chi connectivity index (χ1) is 8.08. The van der Waals surface area contributed by atoms with E-state index in [4.69, 9.17) is 0 Å². The molecular formula is C14H16FIN2. The molecule has 0 atom stereocenters. The second-order valence-electron chi connectivity index (χ2n) is 4.31. The van der Waals surface area contributed by atoms with Gasteiger partial charge in [-0.1, -0.05) is 6.07 Å². The quantitative estimate of drug-likeness (QED) is 0.513. The lowest BCUT2D eigenvalue weighted by Gasteiger charge is -2.14. The van der Waals surface area contributed by atoms with Crippen molar-refractivity contribution in [2.24, 2.45) is 7.05 Å². The van der Waals surface area contributed by atoms with Crippen LogP contribution in [0.25, 0.3) is 11.1 Å². The Morgan fingerprint density at radius 2 is 1.61 bits per heavy atom. The van der Waals surface area contributed by atoms with E-state index in [0.717, 1.165) is 11.1 Å². The van der Waals surface area contributed by atoms with Crippen molar-refractivity contribution in [3.05, 3.63) is 48.5 Å². The van der Waals surface area contributed by atoms with Crippen LogP contribution in [0.1, 0.15) is 0 Å². The number of hydrogen-bond acceptors (Lipinski definition) is 1. The molecule has 0 aliphatic carbocycles. The Balaban J connectivity index is 0.00000162. The third-order valence-corrected chi connectivity index (χ3v) is 2.74. The zero-order valence-corrected chi connectivity index (χ0v) is 12.8. The van der Waals surface area contributed by atoms with Crippen LogP contribution >= 0.6 is 0 Å². The highest BCUT2D eigenvalue weighted by Crippen LogP contribution is 2.24. The fourth-order valence-corrected chi connectivity index (χ4v) is 1.74. The van der Waals surface area contributed by atoms with E-state index in [1.54, 1.807) is 17.0 Å². The summed E-state index contributed by atoms with van der Waals surface area (Å²) in [7, 11) is 5.63. The molecule has 2 aromatic rings. The van der Waals surface area contributed by atoms with E-state index in [2.05, 4.69) is 0 Å². The smallest absolute Gasteiger partial charge is 0.169 e. The Morgan fingerprint density at radius 3 is 2.11 bits per heavy atom. The number of aryl methyl sites for hydroxylation is 1. The van der Waals surface area contributed by atoms with E-state index in [1.165, 1.54) is 0 Å². The van der Waals surface area contributed by atoms with Gasteiger partial charge < -0.3 is 28.9 Å². The lowest BCUT2D eigenvalue weighted by Crippen LogP contribution is -3.00. The van der Waals surface area contributed by atoms with Crippen molar-refractivity contribution >= 4 is 5.69 Å². The second kappa shape index (κ2) is 6.13. The summed E-state index contributed by atoms with van der Waals surface area (Å²) in [4.78, 5) is 1.77. The standard InChI is InChI=1S/C14H16FN2.HI/c1-16(2)14-5-4-12(10-13(14)15)11-6-8-17(3)9-7-11;/h4-10H,1-3H3;1H/q+1;/p-1. The van der Waals surface area contributed by atoms with E-state index in [-0.39, 0.29) is 29.8 Å². The van der Waals surface area contributed by atoms with Crippen molar-refractivity contribution < 1.29 is 32.9 Å². The molecule has 0 bridgehead atoms. The van der Waals surface area contributed by atoms with E-state index < -0.39 is 0 Å². The zero-order chi connectivity index (χ0) is 12.4. The molecule has 0 amide bonds. The lowest BCUT2D eigenvalue weighted by molar-refractivity contribution is -0.671. The summed E-state index contributed by atoms with van der Waals surface area (Å²) in [6, 6.07) is 9.27. The van der Waals surface area contributed by atoms with Gasteiger partial charge in [-0.05, 0) is 23.3 Å². The number of anilines is 1. The SMILES string of the molecule is CN(C)c1ccc(-c2cc[n+](C)cc2)cc1F.[I-]. The zero-order valence-electron chi connectivity index (χ0n) is 10.7. The molecule has 0 spiro atoms. The predicted molar refractivity (Wildman–Crippen MR) is 67.3 cm³/mol. The average molecular weight is 358 g/mol.